The third kappa shape index (κ3) is 5.89. The van der Waals surface area contributed by atoms with Crippen molar-refractivity contribution in [2.45, 2.75) is 71.2 Å². The number of hydrogen-bond donors (Lipinski definition) is 1. The lowest BCUT2D eigenvalue weighted by Crippen LogP contribution is -2.44. The summed E-state index contributed by atoms with van der Waals surface area (Å²) in [5.41, 5.74) is -1.18. The van der Waals surface area contributed by atoms with Crippen LogP contribution in [-0.2, 0) is 9.47 Å². The van der Waals surface area contributed by atoms with Gasteiger partial charge in [0.05, 0.1) is 18.7 Å². The molecule has 2 amide bonds. The van der Waals surface area contributed by atoms with Gasteiger partial charge in [0, 0.05) is 13.6 Å². The molecule has 23 heavy (non-hydrogen) atoms. The van der Waals surface area contributed by atoms with Crippen molar-refractivity contribution in [1.29, 1.82) is 0 Å². The fourth-order valence-electron chi connectivity index (χ4n) is 2.37. The molecule has 134 valence electrons. The molecule has 0 aromatic heterocycles. The summed E-state index contributed by atoms with van der Waals surface area (Å²) < 4.78 is 10.7. The van der Waals surface area contributed by atoms with Crippen LogP contribution in [0.5, 0.6) is 0 Å². The van der Waals surface area contributed by atoms with E-state index >= 15 is 0 Å². The van der Waals surface area contributed by atoms with E-state index in [1.54, 1.807) is 48.6 Å². The quantitative estimate of drug-likeness (QED) is 0.840. The van der Waals surface area contributed by atoms with E-state index in [1.165, 1.54) is 9.80 Å². The molecule has 1 N–H and O–H groups in total. The first kappa shape index (κ1) is 19.5. The summed E-state index contributed by atoms with van der Waals surface area (Å²) in [6.07, 6.45) is -0.423. The van der Waals surface area contributed by atoms with E-state index in [4.69, 9.17) is 9.47 Å². The monoisotopic (exact) mass is 330 g/mol. The number of aliphatic hydroxyl groups excluding tert-OH is 1. The molecule has 0 aliphatic carbocycles. The topological polar surface area (TPSA) is 79.3 Å². The van der Waals surface area contributed by atoms with E-state index in [0.717, 1.165) is 0 Å². The first-order chi connectivity index (χ1) is 10.3. The van der Waals surface area contributed by atoms with Gasteiger partial charge in [0.1, 0.15) is 11.2 Å². The maximum absolute atomic E-state index is 12.3. The maximum atomic E-state index is 12.3. The molecule has 0 bridgehead atoms. The Kier molecular flexibility index (Phi) is 5.90. The summed E-state index contributed by atoms with van der Waals surface area (Å²) in [6.45, 7) is 10.9. The third-order valence-electron chi connectivity index (χ3n) is 3.46. The van der Waals surface area contributed by atoms with Crippen LogP contribution in [-0.4, -0.2) is 70.6 Å². The SMILES string of the molecule is CN(C(=O)OC(C)(C)C)C1CC(CO)N(C(=O)OC(C)(C)C)C1. The van der Waals surface area contributed by atoms with Crippen LogP contribution in [0.15, 0.2) is 0 Å². The number of rotatable bonds is 2. The summed E-state index contributed by atoms with van der Waals surface area (Å²) in [6, 6.07) is -0.575. The number of likely N-dealkylation sites (N-methyl/N-ethyl adjacent to an activating group) is 1. The van der Waals surface area contributed by atoms with Crippen LogP contribution in [0.25, 0.3) is 0 Å². The number of carbonyl (C=O) groups excluding carboxylic acids is 2. The van der Waals surface area contributed by atoms with E-state index in [0.29, 0.717) is 13.0 Å². The summed E-state index contributed by atoms with van der Waals surface area (Å²) >= 11 is 0. The van der Waals surface area contributed by atoms with Crippen molar-refractivity contribution in [2.75, 3.05) is 20.2 Å². The Morgan fingerprint density at radius 2 is 1.65 bits per heavy atom. The van der Waals surface area contributed by atoms with Gasteiger partial charge in [-0.05, 0) is 48.0 Å². The van der Waals surface area contributed by atoms with E-state index in [9.17, 15) is 14.7 Å². The van der Waals surface area contributed by atoms with E-state index in [1.807, 2.05) is 0 Å². The molecule has 1 heterocycles. The molecule has 0 aromatic carbocycles. The Morgan fingerprint density at radius 1 is 1.13 bits per heavy atom. The second-order valence-corrected chi connectivity index (χ2v) is 7.95. The van der Waals surface area contributed by atoms with Crippen LogP contribution < -0.4 is 0 Å². The van der Waals surface area contributed by atoms with Crippen molar-refractivity contribution in [3.8, 4) is 0 Å². The molecule has 7 heteroatoms. The van der Waals surface area contributed by atoms with Crippen LogP contribution in [0.4, 0.5) is 9.59 Å². The minimum Gasteiger partial charge on any atom is -0.444 e. The first-order valence-electron chi connectivity index (χ1n) is 7.90. The van der Waals surface area contributed by atoms with Crippen LogP contribution in [0.1, 0.15) is 48.0 Å². The molecule has 0 aromatic rings. The molecule has 1 fully saturated rings. The van der Waals surface area contributed by atoms with Crippen LogP contribution in [0.3, 0.4) is 0 Å². The Hall–Kier alpha value is -1.50. The van der Waals surface area contributed by atoms with E-state index < -0.39 is 23.4 Å². The summed E-state index contributed by atoms with van der Waals surface area (Å²) in [5, 5.41) is 9.52. The second-order valence-electron chi connectivity index (χ2n) is 7.95. The van der Waals surface area contributed by atoms with Gasteiger partial charge in [-0.1, -0.05) is 0 Å². The van der Waals surface area contributed by atoms with E-state index in [-0.39, 0.29) is 18.7 Å². The van der Waals surface area contributed by atoms with Gasteiger partial charge < -0.3 is 24.4 Å². The lowest BCUT2D eigenvalue weighted by molar-refractivity contribution is 0.0136. The molecule has 1 aliphatic rings. The molecular formula is C16H30N2O5. The predicted molar refractivity (Wildman–Crippen MR) is 86.2 cm³/mol. The minimum absolute atomic E-state index is 0.169. The van der Waals surface area contributed by atoms with Gasteiger partial charge >= 0.3 is 12.2 Å². The summed E-state index contributed by atoms with van der Waals surface area (Å²) in [4.78, 5) is 27.4. The van der Waals surface area contributed by atoms with Crippen molar-refractivity contribution in [2.24, 2.45) is 0 Å². The highest BCUT2D eigenvalue weighted by molar-refractivity contribution is 5.71. The molecule has 7 nitrogen and oxygen atoms in total. The van der Waals surface area contributed by atoms with Gasteiger partial charge in [0.2, 0.25) is 0 Å². The number of carbonyl (C=O) groups is 2. The van der Waals surface area contributed by atoms with Gasteiger partial charge in [-0.3, -0.25) is 0 Å². The molecule has 0 saturated carbocycles. The fraction of sp³-hybridized carbons (Fsp3) is 0.875. The normalized spacial score (nSPS) is 22.0. The molecule has 1 rings (SSSR count). The number of hydrogen-bond acceptors (Lipinski definition) is 5. The lowest BCUT2D eigenvalue weighted by atomic mass is 10.1. The molecular weight excluding hydrogens is 300 g/mol. The second kappa shape index (κ2) is 6.95. The molecule has 0 radical (unpaired) electrons. The number of ether oxygens (including phenoxy) is 2. The first-order valence-corrected chi connectivity index (χ1v) is 7.90. The highest BCUT2D eigenvalue weighted by Crippen LogP contribution is 2.25. The number of aliphatic hydroxyl groups is 1. The average Bonchev–Trinajstić information content (AvgIpc) is 2.77. The molecule has 1 saturated heterocycles. The van der Waals surface area contributed by atoms with Crippen molar-refractivity contribution in [3.63, 3.8) is 0 Å². The predicted octanol–water partition coefficient (Wildman–Crippen LogP) is 2.22. The molecule has 1 aliphatic heterocycles. The maximum Gasteiger partial charge on any atom is 0.410 e. The Morgan fingerprint density at radius 3 is 2.09 bits per heavy atom. The number of amides is 2. The summed E-state index contributed by atoms with van der Waals surface area (Å²) in [7, 11) is 1.64. The van der Waals surface area contributed by atoms with Gasteiger partial charge in [-0.15, -0.1) is 0 Å². The smallest absolute Gasteiger partial charge is 0.410 e. The van der Waals surface area contributed by atoms with Gasteiger partial charge in [-0.25, -0.2) is 9.59 Å². The van der Waals surface area contributed by atoms with Crippen molar-refractivity contribution >= 4 is 12.2 Å². The van der Waals surface area contributed by atoms with Gasteiger partial charge in [0.25, 0.3) is 0 Å². The fourth-order valence-corrected chi connectivity index (χ4v) is 2.37. The Bertz CT molecular complexity index is 439. The van der Waals surface area contributed by atoms with Gasteiger partial charge in [0.15, 0.2) is 0 Å². The highest BCUT2D eigenvalue weighted by Gasteiger charge is 2.40. The van der Waals surface area contributed by atoms with Crippen molar-refractivity contribution in [1.82, 2.24) is 9.80 Å². The zero-order valence-corrected chi connectivity index (χ0v) is 15.3. The van der Waals surface area contributed by atoms with Crippen LogP contribution in [0.2, 0.25) is 0 Å². The number of nitrogens with zero attached hydrogens (tertiary/aromatic N) is 2. The molecule has 0 spiro atoms. The standard InChI is InChI=1S/C16H30N2O5/c1-15(2,3)22-13(20)17(7)11-8-12(10-19)18(9-11)14(21)23-16(4,5)6/h11-12,19H,8-10H2,1-7H3. The zero-order chi connectivity index (χ0) is 18.0. The average molecular weight is 330 g/mol. The van der Waals surface area contributed by atoms with Crippen LogP contribution >= 0.6 is 0 Å². The van der Waals surface area contributed by atoms with Crippen LogP contribution in [0, 0.1) is 0 Å². The molecule has 2 unspecified atom stereocenters. The van der Waals surface area contributed by atoms with E-state index in [2.05, 4.69) is 0 Å². The largest absolute Gasteiger partial charge is 0.444 e. The third-order valence-corrected chi connectivity index (χ3v) is 3.46. The number of likely N-dealkylation sites (tertiary alicyclic amines) is 1. The van der Waals surface area contributed by atoms with Crippen molar-refractivity contribution in [3.05, 3.63) is 0 Å². The van der Waals surface area contributed by atoms with Gasteiger partial charge in [-0.2, -0.15) is 0 Å². The lowest BCUT2D eigenvalue weighted by Gasteiger charge is -2.29. The minimum atomic E-state index is -0.605. The Labute approximate surface area is 138 Å². The van der Waals surface area contributed by atoms with Crippen molar-refractivity contribution < 1.29 is 24.2 Å². The zero-order valence-electron chi connectivity index (χ0n) is 15.3. The molecule has 2 atom stereocenters. The summed E-state index contributed by atoms with van der Waals surface area (Å²) in [5.74, 6) is 0. The highest BCUT2D eigenvalue weighted by atomic mass is 16.6. The Balaban J connectivity index is 2.74.